The number of benzene rings is 1. The number of rotatable bonds is 8. The van der Waals surface area contributed by atoms with E-state index in [1.54, 1.807) is 7.05 Å². The minimum Gasteiger partial charge on any atom is -0.384 e. The number of nitrogens with two attached hydrogens (primary N) is 1. The van der Waals surface area contributed by atoms with Crippen molar-refractivity contribution in [2.75, 3.05) is 38.3 Å². The normalized spacial score (nSPS) is 11.1. The number of ketones is 1. The van der Waals surface area contributed by atoms with Crippen LogP contribution in [-0.4, -0.2) is 47.5 Å². The van der Waals surface area contributed by atoms with Crippen molar-refractivity contribution in [2.24, 2.45) is 7.05 Å². The maximum atomic E-state index is 12.8. The summed E-state index contributed by atoms with van der Waals surface area (Å²) in [5.74, 6) is -0.445. The summed E-state index contributed by atoms with van der Waals surface area (Å²) in [6, 6.07) is 8.04. The lowest BCUT2D eigenvalue weighted by atomic mass is 10.1. The summed E-state index contributed by atoms with van der Waals surface area (Å²) in [4.78, 5) is 41.3. The zero-order valence-electron chi connectivity index (χ0n) is 17.2. The van der Waals surface area contributed by atoms with Gasteiger partial charge in [-0.1, -0.05) is 19.1 Å². The van der Waals surface area contributed by atoms with Gasteiger partial charge in [0.1, 0.15) is 11.4 Å². The minimum atomic E-state index is -0.649. The molecule has 0 atom stereocenters. The Balaban J connectivity index is 2.22. The second kappa shape index (κ2) is 8.88. The molecule has 0 amide bonds. The van der Waals surface area contributed by atoms with Gasteiger partial charge in [-0.05, 0) is 31.2 Å². The van der Waals surface area contributed by atoms with Crippen molar-refractivity contribution in [3.8, 4) is 0 Å². The molecule has 2 aromatic rings. The molecule has 2 rings (SSSR count). The molecule has 0 radical (unpaired) electrons. The highest BCUT2D eigenvalue weighted by molar-refractivity contribution is 6.01. The predicted octanol–water partition coefficient (Wildman–Crippen LogP) is 0.920. The molecule has 28 heavy (non-hydrogen) atoms. The van der Waals surface area contributed by atoms with Gasteiger partial charge in [0.15, 0.2) is 5.78 Å². The van der Waals surface area contributed by atoms with E-state index in [0.29, 0.717) is 19.5 Å². The lowest BCUT2D eigenvalue weighted by Gasteiger charge is -2.19. The van der Waals surface area contributed by atoms with Gasteiger partial charge in [-0.25, -0.2) is 4.79 Å². The fourth-order valence-electron chi connectivity index (χ4n) is 3.08. The third-order valence-corrected chi connectivity index (χ3v) is 4.63. The van der Waals surface area contributed by atoms with E-state index in [4.69, 9.17) is 5.73 Å². The summed E-state index contributed by atoms with van der Waals surface area (Å²) in [6.07, 6.45) is 0.665. The number of carbonyl (C=O) groups is 1. The first-order valence-electron chi connectivity index (χ1n) is 9.24. The molecule has 0 bridgehead atoms. The summed E-state index contributed by atoms with van der Waals surface area (Å²) < 4.78 is 2.23. The van der Waals surface area contributed by atoms with E-state index in [-0.39, 0.29) is 17.9 Å². The van der Waals surface area contributed by atoms with Gasteiger partial charge >= 0.3 is 5.69 Å². The van der Waals surface area contributed by atoms with E-state index in [1.165, 1.54) is 11.6 Å². The zero-order chi connectivity index (χ0) is 21.0. The lowest BCUT2D eigenvalue weighted by molar-refractivity contribution is 0.0941. The van der Waals surface area contributed by atoms with E-state index in [1.807, 2.05) is 55.1 Å². The SMILES string of the molecule is CCCn1c(N)c(C(=O)CN(C)Cc2ccc(N(C)C)cc2)c(=O)n(C)c1=O. The number of carbonyl (C=O) groups excluding carboxylic acids is 1. The molecular formula is C20H29N5O3. The lowest BCUT2D eigenvalue weighted by Crippen LogP contribution is -2.43. The molecule has 2 N–H and O–H groups in total. The van der Waals surface area contributed by atoms with Gasteiger partial charge in [-0.3, -0.25) is 23.6 Å². The average Bonchev–Trinajstić information content (AvgIpc) is 2.64. The maximum absolute atomic E-state index is 12.8. The van der Waals surface area contributed by atoms with Crippen molar-refractivity contribution in [3.63, 3.8) is 0 Å². The highest BCUT2D eigenvalue weighted by atomic mass is 16.2. The van der Waals surface area contributed by atoms with Crippen molar-refractivity contribution in [2.45, 2.75) is 26.4 Å². The van der Waals surface area contributed by atoms with Crippen LogP contribution >= 0.6 is 0 Å². The number of aromatic nitrogens is 2. The van der Waals surface area contributed by atoms with Crippen LogP contribution < -0.4 is 21.9 Å². The summed E-state index contributed by atoms with van der Waals surface area (Å²) in [7, 11) is 7.12. The molecule has 0 aliphatic carbocycles. The largest absolute Gasteiger partial charge is 0.384 e. The summed E-state index contributed by atoms with van der Waals surface area (Å²) in [6.45, 7) is 2.83. The first kappa shape index (κ1) is 21.4. The van der Waals surface area contributed by atoms with Crippen LogP contribution in [-0.2, 0) is 20.1 Å². The predicted molar refractivity (Wildman–Crippen MR) is 112 cm³/mol. The highest BCUT2D eigenvalue weighted by Crippen LogP contribution is 2.14. The van der Waals surface area contributed by atoms with Crippen LogP contribution in [0.5, 0.6) is 0 Å². The maximum Gasteiger partial charge on any atom is 0.332 e. The van der Waals surface area contributed by atoms with Crippen LogP contribution in [0.25, 0.3) is 0 Å². The monoisotopic (exact) mass is 387 g/mol. The van der Waals surface area contributed by atoms with E-state index in [0.717, 1.165) is 15.8 Å². The Bertz CT molecular complexity index is 958. The molecular weight excluding hydrogens is 358 g/mol. The van der Waals surface area contributed by atoms with E-state index in [9.17, 15) is 14.4 Å². The smallest absolute Gasteiger partial charge is 0.332 e. The second-order valence-corrected chi connectivity index (χ2v) is 7.21. The van der Waals surface area contributed by atoms with Crippen molar-refractivity contribution in [1.82, 2.24) is 14.0 Å². The Kier molecular flexibility index (Phi) is 6.80. The number of nitrogens with zero attached hydrogens (tertiary/aromatic N) is 4. The number of Topliss-reactive ketones (excluding diaryl/α,β-unsaturated/α-hetero) is 1. The van der Waals surface area contributed by atoms with Gasteiger partial charge < -0.3 is 10.6 Å². The molecule has 0 saturated carbocycles. The minimum absolute atomic E-state index is 0.0270. The zero-order valence-corrected chi connectivity index (χ0v) is 17.2. The number of hydrogen-bond acceptors (Lipinski definition) is 6. The Morgan fingerprint density at radius 3 is 2.25 bits per heavy atom. The number of nitrogen functional groups attached to an aromatic ring is 1. The molecule has 1 aromatic carbocycles. The molecule has 8 nitrogen and oxygen atoms in total. The molecule has 8 heteroatoms. The molecule has 0 fully saturated rings. The molecule has 1 aromatic heterocycles. The van der Waals surface area contributed by atoms with Gasteiger partial charge in [0.25, 0.3) is 5.56 Å². The van der Waals surface area contributed by atoms with Gasteiger partial charge in [-0.15, -0.1) is 0 Å². The van der Waals surface area contributed by atoms with Gasteiger partial charge in [-0.2, -0.15) is 0 Å². The fourth-order valence-corrected chi connectivity index (χ4v) is 3.08. The standard InChI is InChI=1S/C20H29N5O3/c1-6-11-25-18(21)17(19(27)24(5)20(25)28)16(26)13-23(4)12-14-7-9-15(10-8-14)22(2)3/h7-10H,6,11-13,21H2,1-5H3. The van der Waals surface area contributed by atoms with Crippen molar-refractivity contribution in [1.29, 1.82) is 0 Å². The molecule has 1 heterocycles. The second-order valence-electron chi connectivity index (χ2n) is 7.21. The van der Waals surface area contributed by atoms with Crippen molar-refractivity contribution in [3.05, 3.63) is 56.2 Å². The van der Waals surface area contributed by atoms with Gasteiger partial charge in [0.05, 0.1) is 6.54 Å². The van der Waals surface area contributed by atoms with Gasteiger partial charge in [0, 0.05) is 39.9 Å². The first-order chi connectivity index (χ1) is 13.2. The molecule has 152 valence electrons. The molecule has 0 unspecified atom stereocenters. The van der Waals surface area contributed by atoms with Gasteiger partial charge in [0.2, 0.25) is 0 Å². The molecule has 0 aliphatic heterocycles. The molecule has 0 aliphatic rings. The Morgan fingerprint density at radius 1 is 1.11 bits per heavy atom. The fraction of sp³-hybridized carbons (Fsp3) is 0.450. The van der Waals surface area contributed by atoms with Crippen LogP contribution in [0.4, 0.5) is 11.5 Å². The highest BCUT2D eigenvalue weighted by Gasteiger charge is 2.22. The first-order valence-corrected chi connectivity index (χ1v) is 9.24. The summed E-state index contributed by atoms with van der Waals surface area (Å²) in [5, 5.41) is 0. The molecule has 0 spiro atoms. The topological polar surface area (TPSA) is 93.6 Å². The number of anilines is 2. The van der Waals surface area contributed by atoms with Crippen LogP contribution in [0.1, 0.15) is 29.3 Å². The van der Waals surface area contributed by atoms with Crippen LogP contribution in [0.2, 0.25) is 0 Å². The third kappa shape index (κ3) is 4.51. The van der Waals surface area contributed by atoms with Crippen molar-refractivity contribution < 1.29 is 4.79 Å². The summed E-state index contributed by atoms with van der Waals surface area (Å²) in [5.41, 5.74) is 6.89. The Labute approximate surface area is 164 Å². The van der Waals surface area contributed by atoms with Crippen LogP contribution in [0, 0.1) is 0 Å². The quantitative estimate of drug-likeness (QED) is 0.677. The Morgan fingerprint density at radius 2 is 1.71 bits per heavy atom. The molecule has 0 saturated heterocycles. The number of hydrogen-bond donors (Lipinski definition) is 1. The van der Waals surface area contributed by atoms with Crippen molar-refractivity contribution >= 4 is 17.3 Å². The third-order valence-electron chi connectivity index (χ3n) is 4.63. The number of likely N-dealkylation sites (N-methyl/N-ethyl adjacent to an activating group) is 1. The summed E-state index contributed by atoms with van der Waals surface area (Å²) >= 11 is 0. The van der Waals surface area contributed by atoms with E-state index < -0.39 is 17.0 Å². The Hall–Kier alpha value is -2.87. The van der Waals surface area contributed by atoms with E-state index in [2.05, 4.69) is 0 Å². The van der Waals surface area contributed by atoms with Crippen LogP contribution in [0.3, 0.4) is 0 Å². The van der Waals surface area contributed by atoms with Crippen LogP contribution in [0.15, 0.2) is 33.9 Å². The van der Waals surface area contributed by atoms with E-state index >= 15 is 0 Å². The average molecular weight is 387 g/mol.